The van der Waals surface area contributed by atoms with Crippen LogP contribution in [0.3, 0.4) is 0 Å². The van der Waals surface area contributed by atoms with Gasteiger partial charge in [0.15, 0.2) is 5.82 Å². The third kappa shape index (κ3) is 9.20. The van der Waals surface area contributed by atoms with Crippen LogP contribution in [-0.4, -0.2) is 89.0 Å². The van der Waals surface area contributed by atoms with Crippen LogP contribution in [0.2, 0.25) is 0 Å². The second-order valence-electron chi connectivity index (χ2n) is 15.3. The van der Waals surface area contributed by atoms with Crippen molar-refractivity contribution in [2.75, 3.05) is 38.2 Å². The SMILES string of the molecule is C#Cc1c(F)ccc2cc(OP(=O)(OC(C)C)OC(C)C)cc(-c3ncc4c(N5CCCCC(NC(=O)C=C)C5)nc(OC[C@]5(C)C[C@@H](F)CN5C)nc4c3F)c12. The number of fused-ring (bicyclic) bond motifs is 2. The van der Waals surface area contributed by atoms with Crippen LogP contribution in [0.25, 0.3) is 32.9 Å². The molecule has 4 heterocycles. The van der Waals surface area contributed by atoms with E-state index in [0.717, 1.165) is 12.8 Å². The summed E-state index contributed by atoms with van der Waals surface area (Å²) in [6.07, 6.45) is 8.79. The van der Waals surface area contributed by atoms with Crippen molar-refractivity contribution in [3.8, 4) is 35.4 Å². The van der Waals surface area contributed by atoms with Gasteiger partial charge in [-0.15, -0.1) is 6.42 Å². The lowest BCUT2D eigenvalue weighted by atomic mass is 9.96. The van der Waals surface area contributed by atoms with Gasteiger partial charge in [-0.1, -0.05) is 18.6 Å². The summed E-state index contributed by atoms with van der Waals surface area (Å²) < 4.78 is 84.3. The highest BCUT2D eigenvalue weighted by Gasteiger charge is 2.41. The van der Waals surface area contributed by atoms with Crippen LogP contribution in [-0.2, 0) is 18.4 Å². The van der Waals surface area contributed by atoms with Gasteiger partial charge >= 0.3 is 13.8 Å². The van der Waals surface area contributed by atoms with Crippen LogP contribution in [0.5, 0.6) is 11.8 Å². The lowest BCUT2D eigenvalue weighted by molar-refractivity contribution is -0.117. The predicted molar refractivity (Wildman–Crippen MR) is 213 cm³/mol. The van der Waals surface area contributed by atoms with E-state index in [2.05, 4.69) is 27.8 Å². The first-order chi connectivity index (χ1) is 27.0. The smallest absolute Gasteiger partial charge is 0.461 e. The standard InChI is InChI=1S/C41H48F3N6O6P/c1-9-30-33(43)15-14-26-17-29(56-57(52,54-24(3)4)55-25(5)6)18-31(35(26)30)37-36(44)38-32(20-45-37)39(50-16-12-11-13-28(22-50)46-34(51)10-2)48-40(47-38)53-23-41(7)19-27(42)21-49(41)8/h1,10,14-15,17-18,20,24-25,27-28H,2,11-13,16,19,21-23H2,3-8H3,(H,46,51)/t27-,28?,41+/m1/s1. The number of terminal acetylenes is 1. The Morgan fingerprint density at radius 3 is 2.54 bits per heavy atom. The molecule has 2 aromatic heterocycles. The summed E-state index contributed by atoms with van der Waals surface area (Å²) in [5.41, 5.74) is -1.25. The van der Waals surface area contributed by atoms with Gasteiger partial charge in [-0.25, -0.2) is 17.7 Å². The summed E-state index contributed by atoms with van der Waals surface area (Å²) in [4.78, 5) is 30.0. The molecule has 2 aliphatic heterocycles. The first kappa shape index (κ1) is 41.9. The van der Waals surface area contributed by atoms with Crippen molar-refractivity contribution in [1.29, 1.82) is 0 Å². The summed E-state index contributed by atoms with van der Waals surface area (Å²) in [5.74, 6) is 0.701. The van der Waals surface area contributed by atoms with E-state index in [1.165, 1.54) is 36.5 Å². The van der Waals surface area contributed by atoms with E-state index in [1.54, 1.807) is 34.7 Å². The van der Waals surface area contributed by atoms with Gasteiger partial charge in [0.1, 0.15) is 41.4 Å². The Bertz CT molecular complexity index is 2260. The number of benzene rings is 2. The van der Waals surface area contributed by atoms with Gasteiger partial charge in [0, 0.05) is 49.2 Å². The Labute approximate surface area is 330 Å². The van der Waals surface area contributed by atoms with E-state index in [0.29, 0.717) is 30.7 Å². The van der Waals surface area contributed by atoms with E-state index in [4.69, 9.17) is 29.7 Å². The van der Waals surface area contributed by atoms with Crippen molar-refractivity contribution in [2.45, 2.75) is 90.3 Å². The van der Waals surface area contributed by atoms with Crippen LogP contribution < -0.4 is 19.5 Å². The van der Waals surface area contributed by atoms with Crippen molar-refractivity contribution in [3.05, 3.63) is 60.3 Å². The van der Waals surface area contributed by atoms with Gasteiger partial charge in [0.05, 0.1) is 28.7 Å². The fourth-order valence-corrected chi connectivity index (χ4v) is 8.87. The highest BCUT2D eigenvalue weighted by Crippen LogP contribution is 2.53. The number of alkyl halides is 1. The Hall–Kier alpha value is -4.74. The number of hydrogen-bond donors (Lipinski definition) is 1. The number of aromatic nitrogens is 3. The third-order valence-electron chi connectivity index (χ3n) is 10.1. The number of rotatable bonds is 13. The second-order valence-corrected chi connectivity index (χ2v) is 16.8. The lowest BCUT2D eigenvalue weighted by Gasteiger charge is -2.31. The number of nitrogens with one attached hydrogen (secondary N) is 1. The Morgan fingerprint density at radius 2 is 1.89 bits per heavy atom. The highest BCUT2D eigenvalue weighted by molar-refractivity contribution is 7.49. The number of halogens is 3. The van der Waals surface area contributed by atoms with Crippen LogP contribution in [0.4, 0.5) is 19.0 Å². The molecule has 0 spiro atoms. The van der Waals surface area contributed by atoms with Crippen molar-refractivity contribution >= 4 is 41.2 Å². The summed E-state index contributed by atoms with van der Waals surface area (Å²) in [6, 6.07) is 5.02. The van der Waals surface area contributed by atoms with Crippen molar-refractivity contribution in [1.82, 2.24) is 25.2 Å². The number of carbonyl (C=O) groups is 1. The monoisotopic (exact) mass is 808 g/mol. The molecule has 16 heteroatoms. The van der Waals surface area contributed by atoms with Crippen LogP contribution >= 0.6 is 7.82 Å². The molecule has 4 aromatic rings. The summed E-state index contributed by atoms with van der Waals surface area (Å²) in [5, 5.41) is 3.69. The number of hydrogen-bond acceptors (Lipinski definition) is 11. The van der Waals surface area contributed by atoms with E-state index < -0.39 is 43.4 Å². The zero-order chi connectivity index (χ0) is 41.2. The molecule has 0 bridgehead atoms. The Balaban J connectivity index is 1.54. The summed E-state index contributed by atoms with van der Waals surface area (Å²) in [7, 11) is -2.43. The fourth-order valence-electron chi connectivity index (χ4n) is 7.34. The average molecular weight is 809 g/mol. The van der Waals surface area contributed by atoms with Gasteiger partial charge in [-0.2, -0.15) is 9.97 Å². The van der Waals surface area contributed by atoms with Crippen LogP contribution in [0.15, 0.2) is 43.1 Å². The van der Waals surface area contributed by atoms with Gasteiger partial charge in [0.2, 0.25) is 5.91 Å². The normalized spacial score (nSPS) is 20.6. The predicted octanol–water partition coefficient (Wildman–Crippen LogP) is 7.91. The molecule has 12 nitrogen and oxygen atoms in total. The molecular formula is C41H48F3N6O6P. The largest absolute Gasteiger partial charge is 0.530 e. The lowest BCUT2D eigenvalue weighted by Crippen LogP contribution is -2.43. The Morgan fingerprint density at radius 1 is 1.16 bits per heavy atom. The second kappa shape index (κ2) is 17.0. The first-order valence-electron chi connectivity index (χ1n) is 18.9. The van der Waals surface area contributed by atoms with Crippen LogP contribution in [0.1, 0.15) is 65.9 Å². The van der Waals surface area contributed by atoms with Crippen LogP contribution in [0, 0.1) is 24.0 Å². The minimum absolute atomic E-state index is 0.0121. The maximum absolute atomic E-state index is 17.4. The number of amides is 1. The number of phosphoric ester groups is 1. The molecule has 3 atom stereocenters. The number of carbonyl (C=O) groups excluding carboxylic acids is 1. The van der Waals surface area contributed by atoms with E-state index in [1.807, 2.05) is 16.7 Å². The minimum atomic E-state index is -4.23. The molecule has 1 amide bonds. The molecule has 0 radical (unpaired) electrons. The van der Waals surface area contributed by atoms with Gasteiger partial charge in [-0.3, -0.25) is 23.7 Å². The first-order valence-corrected chi connectivity index (χ1v) is 20.4. The van der Waals surface area contributed by atoms with Crippen molar-refractivity contribution in [3.63, 3.8) is 0 Å². The van der Waals surface area contributed by atoms with Crippen molar-refractivity contribution < 1.29 is 40.8 Å². The molecular weight excluding hydrogens is 760 g/mol. The Kier molecular flexibility index (Phi) is 12.5. The summed E-state index contributed by atoms with van der Waals surface area (Å²) in [6.45, 7) is 13.2. The number of phosphoric acid groups is 1. The topological polar surface area (TPSA) is 128 Å². The molecule has 2 aromatic carbocycles. The number of ether oxygens (including phenoxy) is 1. The van der Waals surface area contributed by atoms with Gasteiger partial charge in [-0.05, 0) is 90.6 Å². The minimum Gasteiger partial charge on any atom is -0.461 e. The van der Waals surface area contributed by atoms with Crippen molar-refractivity contribution in [2.24, 2.45) is 0 Å². The maximum atomic E-state index is 17.4. The van der Waals surface area contributed by atoms with E-state index in [9.17, 15) is 13.8 Å². The molecule has 57 heavy (non-hydrogen) atoms. The molecule has 2 aliphatic rings. The van der Waals surface area contributed by atoms with Gasteiger partial charge in [0.25, 0.3) is 0 Å². The number of likely N-dealkylation sites (tertiary alicyclic amines) is 1. The van der Waals surface area contributed by atoms with E-state index in [-0.39, 0.29) is 76.4 Å². The highest BCUT2D eigenvalue weighted by atomic mass is 31.2. The summed E-state index contributed by atoms with van der Waals surface area (Å²) >= 11 is 0. The molecule has 2 fully saturated rings. The molecule has 304 valence electrons. The van der Waals surface area contributed by atoms with Gasteiger partial charge < -0.3 is 19.5 Å². The zero-order valence-electron chi connectivity index (χ0n) is 33.0. The molecule has 1 unspecified atom stereocenters. The number of likely N-dealkylation sites (N-methyl/N-ethyl adjacent to an activating group) is 1. The molecule has 1 N–H and O–H groups in total. The quantitative estimate of drug-likeness (QED) is 0.0804. The molecule has 2 saturated heterocycles. The number of nitrogens with zero attached hydrogens (tertiary/aromatic N) is 5. The third-order valence-corrected chi connectivity index (χ3v) is 11.8. The molecule has 0 aliphatic carbocycles. The number of anilines is 1. The molecule has 6 rings (SSSR count). The average Bonchev–Trinajstić information content (AvgIpc) is 3.25. The molecule has 0 saturated carbocycles. The number of pyridine rings is 1. The van der Waals surface area contributed by atoms with E-state index >= 15 is 8.78 Å². The fraction of sp³-hybridized carbons (Fsp3) is 0.463. The maximum Gasteiger partial charge on any atom is 0.530 e. The zero-order valence-corrected chi connectivity index (χ0v) is 33.9.